The monoisotopic (exact) mass is 337 g/mol. The van der Waals surface area contributed by atoms with Crippen LogP contribution >= 0.6 is 0 Å². The Morgan fingerprint density at radius 2 is 1.78 bits per heavy atom. The molecule has 0 aliphatic carbocycles. The highest BCUT2D eigenvalue weighted by atomic mass is 32.2. The third kappa shape index (κ3) is 4.60. The van der Waals surface area contributed by atoms with Crippen LogP contribution in [0.4, 0.5) is 4.39 Å². The Kier molecular flexibility index (Phi) is 5.51. The number of nitrogens with one attached hydrogen (secondary N) is 1. The molecule has 0 saturated heterocycles. The predicted molar refractivity (Wildman–Crippen MR) is 87.1 cm³/mol. The number of hydrogen-bond donors (Lipinski definition) is 2. The van der Waals surface area contributed by atoms with E-state index in [9.17, 15) is 17.9 Å². The van der Waals surface area contributed by atoms with Crippen LogP contribution in [0.2, 0.25) is 0 Å². The summed E-state index contributed by atoms with van der Waals surface area (Å²) < 4.78 is 40.0. The van der Waals surface area contributed by atoms with Gasteiger partial charge in [-0.15, -0.1) is 0 Å². The molecule has 0 aromatic heterocycles. The largest absolute Gasteiger partial charge is 0.388 e. The highest BCUT2D eigenvalue weighted by Gasteiger charge is 2.17. The first-order valence-electron chi connectivity index (χ1n) is 7.30. The van der Waals surface area contributed by atoms with Crippen molar-refractivity contribution in [2.75, 3.05) is 6.54 Å². The van der Waals surface area contributed by atoms with Crippen molar-refractivity contribution >= 4 is 10.0 Å². The molecule has 0 aliphatic rings. The van der Waals surface area contributed by atoms with Gasteiger partial charge in [-0.3, -0.25) is 0 Å². The first-order valence-corrected chi connectivity index (χ1v) is 8.78. The highest BCUT2D eigenvalue weighted by Crippen LogP contribution is 2.19. The van der Waals surface area contributed by atoms with Gasteiger partial charge in [-0.05, 0) is 55.2 Å². The lowest BCUT2D eigenvalue weighted by Crippen LogP contribution is -2.26. The Bertz CT molecular complexity index is 773. The molecule has 124 valence electrons. The smallest absolute Gasteiger partial charge is 0.240 e. The summed E-state index contributed by atoms with van der Waals surface area (Å²) in [4.78, 5) is 0.244. The quantitative estimate of drug-likeness (QED) is 0.852. The first-order chi connectivity index (χ1) is 10.8. The van der Waals surface area contributed by atoms with Crippen LogP contribution in [-0.4, -0.2) is 20.1 Å². The second-order valence-electron chi connectivity index (χ2n) is 5.52. The molecule has 1 atom stereocenters. The molecule has 2 N–H and O–H groups in total. The van der Waals surface area contributed by atoms with Crippen LogP contribution in [-0.2, 0) is 10.0 Å². The lowest BCUT2D eigenvalue weighted by atomic mass is 10.1. The molecule has 1 unspecified atom stereocenters. The third-order valence-corrected chi connectivity index (χ3v) is 5.20. The van der Waals surface area contributed by atoms with Gasteiger partial charge in [0, 0.05) is 6.54 Å². The minimum Gasteiger partial charge on any atom is -0.388 e. The average molecular weight is 337 g/mol. The van der Waals surface area contributed by atoms with Gasteiger partial charge in [0.1, 0.15) is 5.82 Å². The summed E-state index contributed by atoms with van der Waals surface area (Å²) in [5.74, 6) is -0.378. The van der Waals surface area contributed by atoms with E-state index in [0.29, 0.717) is 11.1 Å². The fourth-order valence-electron chi connectivity index (χ4n) is 2.26. The van der Waals surface area contributed by atoms with Crippen LogP contribution in [0.1, 0.15) is 29.2 Å². The van der Waals surface area contributed by atoms with Crippen LogP contribution < -0.4 is 4.72 Å². The van der Waals surface area contributed by atoms with Gasteiger partial charge < -0.3 is 5.11 Å². The van der Waals surface area contributed by atoms with Gasteiger partial charge in [0.15, 0.2) is 0 Å². The molecule has 23 heavy (non-hydrogen) atoms. The van der Waals surface area contributed by atoms with E-state index in [-0.39, 0.29) is 23.7 Å². The fraction of sp³-hybridized carbons (Fsp3) is 0.294. The summed E-state index contributed by atoms with van der Waals surface area (Å²) in [6.07, 6.45) is -0.646. The van der Waals surface area contributed by atoms with Crippen molar-refractivity contribution in [2.24, 2.45) is 0 Å². The number of aliphatic hydroxyl groups excluding tert-OH is 1. The Labute approximate surface area is 136 Å². The molecule has 0 heterocycles. The van der Waals surface area contributed by atoms with E-state index >= 15 is 0 Å². The van der Waals surface area contributed by atoms with Crippen molar-refractivity contribution in [3.8, 4) is 0 Å². The second-order valence-corrected chi connectivity index (χ2v) is 7.26. The lowest BCUT2D eigenvalue weighted by molar-refractivity contribution is 0.169. The third-order valence-electron chi connectivity index (χ3n) is 3.60. The number of aryl methyl sites for hydroxylation is 2. The summed E-state index contributed by atoms with van der Waals surface area (Å²) >= 11 is 0. The first kappa shape index (κ1) is 17.6. The Hall–Kier alpha value is -1.76. The van der Waals surface area contributed by atoms with Crippen LogP contribution in [0.5, 0.6) is 0 Å². The Balaban J connectivity index is 1.99. The SMILES string of the molecule is Cc1ccc(C)c(S(=O)(=O)NCCC(O)c2ccc(F)cc2)c1. The van der Waals surface area contributed by atoms with Gasteiger partial charge in [-0.25, -0.2) is 17.5 Å². The zero-order valence-corrected chi connectivity index (χ0v) is 13.9. The van der Waals surface area contributed by atoms with E-state index in [1.807, 2.05) is 13.0 Å². The molecular formula is C17H20FNO3S. The number of sulfonamides is 1. The molecule has 2 rings (SSSR count). The standard InChI is InChI=1S/C17H20FNO3S/c1-12-3-4-13(2)17(11-12)23(21,22)19-10-9-16(20)14-5-7-15(18)8-6-14/h3-8,11,16,19-20H,9-10H2,1-2H3. The molecule has 0 radical (unpaired) electrons. The number of aliphatic hydroxyl groups is 1. The summed E-state index contributed by atoms with van der Waals surface area (Å²) in [5.41, 5.74) is 2.09. The van der Waals surface area contributed by atoms with Crippen LogP contribution in [0, 0.1) is 19.7 Å². The zero-order chi connectivity index (χ0) is 17.0. The van der Waals surface area contributed by atoms with E-state index in [0.717, 1.165) is 5.56 Å². The average Bonchev–Trinajstić information content (AvgIpc) is 2.50. The maximum Gasteiger partial charge on any atom is 0.240 e. The maximum atomic E-state index is 12.8. The number of benzene rings is 2. The molecule has 4 nitrogen and oxygen atoms in total. The normalized spacial score (nSPS) is 13.0. The van der Waals surface area contributed by atoms with E-state index < -0.39 is 16.1 Å². The van der Waals surface area contributed by atoms with Crippen molar-refractivity contribution in [2.45, 2.75) is 31.3 Å². The molecule has 0 aliphatic heterocycles. The van der Waals surface area contributed by atoms with Gasteiger partial charge in [-0.1, -0.05) is 24.3 Å². The molecule has 0 fully saturated rings. The Morgan fingerprint density at radius 3 is 2.43 bits per heavy atom. The van der Waals surface area contributed by atoms with Gasteiger partial charge in [0.25, 0.3) is 0 Å². The number of hydrogen-bond acceptors (Lipinski definition) is 3. The lowest BCUT2D eigenvalue weighted by Gasteiger charge is -2.13. The minimum atomic E-state index is -3.62. The van der Waals surface area contributed by atoms with Crippen LogP contribution in [0.15, 0.2) is 47.4 Å². The minimum absolute atomic E-state index is 0.0915. The summed E-state index contributed by atoms with van der Waals surface area (Å²) in [6.45, 7) is 3.66. The van der Waals surface area contributed by atoms with E-state index in [1.165, 1.54) is 24.3 Å². The molecule has 0 spiro atoms. The van der Waals surface area contributed by atoms with Gasteiger partial charge in [0.2, 0.25) is 10.0 Å². The second kappa shape index (κ2) is 7.21. The van der Waals surface area contributed by atoms with E-state index in [4.69, 9.17) is 0 Å². The fourth-order valence-corrected chi connectivity index (χ4v) is 3.63. The van der Waals surface area contributed by atoms with Gasteiger partial charge in [0.05, 0.1) is 11.0 Å². The zero-order valence-electron chi connectivity index (χ0n) is 13.1. The summed E-state index contributed by atoms with van der Waals surface area (Å²) in [5, 5.41) is 10.0. The maximum absolute atomic E-state index is 12.8. The summed E-state index contributed by atoms with van der Waals surface area (Å²) in [7, 11) is -3.62. The predicted octanol–water partition coefficient (Wildman–Crippen LogP) is 2.84. The molecule has 0 amide bonds. The molecule has 2 aromatic carbocycles. The topological polar surface area (TPSA) is 66.4 Å². The van der Waals surface area contributed by atoms with Crippen molar-refractivity contribution in [3.05, 3.63) is 65.0 Å². The van der Waals surface area contributed by atoms with Crippen molar-refractivity contribution in [1.29, 1.82) is 0 Å². The number of rotatable bonds is 6. The molecule has 0 saturated carbocycles. The van der Waals surface area contributed by atoms with E-state index in [1.54, 1.807) is 19.1 Å². The number of halogens is 1. The van der Waals surface area contributed by atoms with Gasteiger partial charge in [-0.2, -0.15) is 0 Å². The van der Waals surface area contributed by atoms with Crippen LogP contribution in [0.25, 0.3) is 0 Å². The van der Waals surface area contributed by atoms with Crippen molar-refractivity contribution < 1.29 is 17.9 Å². The van der Waals surface area contributed by atoms with Crippen molar-refractivity contribution in [3.63, 3.8) is 0 Å². The molecule has 6 heteroatoms. The molecular weight excluding hydrogens is 317 g/mol. The molecule has 0 bridgehead atoms. The van der Waals surface area contributed by atoms with E-state index in [2.05, 4.69) is 4.72 Å². The Morgan fingerprint density at radius 1 is 1.13 bits per heavy atom. The van der Waals surface area contributed by atoms with Crippen LogP contribution in [0.3, 0.4) is 0 Å². The van der Waals surface area contributed by atoms with Crippen molar-refractivity contribution in [1.82, 2.24) is 4.72 Å². The summed E-state index contributed by atoms with van der Waals surface area (Å²) in [6, 6.07) is 10.7. The highest BCUT2D eigenvalue weighted by molar-refractivity contribution is 7.89. The molecule has 2 aromatic rings. The van der Waals surface area contributed by atoms with Gasteiger partial charge >= 0.3 is 0 Å².